The van der Waals surface area contributed by atoms with Gasteiger partial charge in [0.15, 0.2) is 0 Å². The fourth-order valence-corrected chi connectivity index (χ4v) is 5.12. The molecule has 1 fully saturated rings. The van der Waals surface area contributed by atoms with Crippen molar-refractivity contribution in [1.29, 1.82) is 0 Å². The molecule has 0 saturated heterocycles. The highest BCUT2D eigenvalue weighted by Gasteiger charge is 2.50. The lowest BCUT2D eigenvalue weighted by Crippen LogP contribution is -2.60. The van der Waals surface area contributed by atoms with Gasteiger partial charge in [-0.3, -0.25) is 4.79 Å². The summed E-state index contributed by atoms with van der Waals surface area (Å²) in [5.41, 5.74) is 3.65. The van der Waals surface area contributed by atoms with Crippen LogP contribution in [0.25, 0.3) is 11.1 Å². The van der Waals surface area contributed by atoms with Crippen LogP contribution < -0.4 is 5.32 Å². The minimum absolute atomic E-state index is 0.0133. The highest BCUT2D eigenvalue weighted by molar-refractivity contribution is 5.88. The molecular formula is C27H32N2O5. The average molecular weight is 465 g/mol. The highest BCUT2D eigenvalue weighted by Crippen LogP contribution is 2.44. The summed E-state index contributed by atoms with van der Waals surface area (Å²) in [6.45, 7) is 2.46. The van der Waals surface area contributed by atoms with Gasteiger partial charge in [-0.1, -0.05) is 55.5 Å². The van der Waals surface area contributed by atoms with Crippen LogP contribution in [0.15, 0.2) is 48.5 Å². The topological polar surface area (TPSA) is 95.9 Å². The van der Waals surface area contributed by atoms with Crippen LogP contribution in [-0.2, 0) is 14.3 Å². The van der Waals surface area contributed by atoms with E-state index in [9.17, 15) is 19.5 Å². The second kappa shape index (κ2) is 9.87. The van der Waals surface area contributed by atoms with Crippen molar-refractivity contribution >= 4 is 18.0 Å². The molecule has 34 heavy (non-hydrogen) atoms. The Morgan fingerprint density at radius 1 is 1.09 bits per heavy atom. The van der Waals surface area contributed by atoms with Crippen LogP contribution in [0.2, 0.25) is 0 Å². The van der Waals surface area contributed by atoms with Gasteiger partial charge in [-0.05, 0) is 54.4 Å². The first kappa shape index (κ1) is 23.8. The van der Waals surface area contributed by atoms with Crippen molar-refractivity contribution in [2.75, 3.05) is 20.2 Å². The molecule has 0 aliphatic heterocycles. The largest absolute Gasteiger partial charge is 0.479 e. The molecule has 2 aliphatic rings. The summed E-state index contributed by atoms with van der Waals surface area (Å²) in [6.07, 6.45) is 2.51. The van der Waals surface area contributed by atoms with E-state index in [1.54, 1.807) is 14.0 Å². The van der Waals surface area contributed by atoms with Crippen LogP contribution in [0, 0.1) is 5.92 Å². The fourth-order valence-electron chi connectivity index (χ4n) is 5.12. The van der Waals surface area contributed by atoms with Gasteiger partial charge in [-0.2, -0.15) is 0 Å². The number of carboxylic acid groups (broad SMARTS) is 1. The number of likely N-dealkylation sites (N-methyl/N-ethyl adjacent to an activating group) is 1. The second-order valence-electron chi connectivity index (χ2n) is 9.38. The van der Waals surface area contributed by atoms with Gasteiger partial charge < -0.3 is 20.1 Å². The smallest absolute Gasteiger partial charge is 0.407 e. The van der Waals surface area contributed by atoms with Gasteiger partial charge in [0.1, 0.15) is 12.1 Å². The van der Waals surface area contributed by atoms with E-state index in [0.717, 1.165) is 6.42 Å². The van der Waals surface area contributed by atoms with Crippen LogP contribution in [-0.4, -0.2) is 53.7 Å². The van der Waals surface area contributed by atoms with E-state index in [2.05, 4.69) is 29.6 Å². The molecule has 2 amide bonds. The van der Waals surface area contributed by atoms with Gasteiger partial charge >= 0.3 is 12.1 Å². The SMILES string of the molecule is CC(CCCNC(=O)OCC1c2ccccc2-c2ccccc21)C(=O)N(C)C1(C(=O)O)CCC1. The number of carboxylic acids is 1. The first-order chi connectivity index (χ1) is 16.3. The molecule has 0 spiro atoms. The van der Waals surface area contributed by atoms with Gasteiger partial charge in [-0.15, -0.1) is 0 Å². The first-order valence-corrected chi connectivity index (χ1v) is 11.9. The van der Waals surface area contributed by atoms with Crippen molar-refractivity contribution in [2.24, 2.45) is 5.92 Å². The predicted octanol–water partition coefficient (Wildman–Crippen LogP) is 4.41. The Balaban J connectivity index is 1.22. The van der Waals surface area contributed by atoms with Crippen LogP contribution in [0.4, 0.5) is 4.79 Å². The lowest BCUT2D eigenvalue weighted by Gasteiger charge is -2.45. The highest BCUT2D eigenvalue weighted by atomic mass is 16.5. The van der Waals surface area contributed by atoms with E-state index in [4.69, 9.17) is 4.74 Å². The normalized spacial score (nSPS) is 16.5. The number of amides is 2. The second-order valence-corrected chi connectivity index (χ2v) is 9.38. The Morgan fingerprint density at radius 3 is 2.21 bits per heavy atom. The molecule has 0 heterocycles. The summed E-state index contributed by atoms with van der Waals surface area (Å²) in [4.78, 5) is 38.1. The number of carbonyl (C=O) groups excluding carboxylic acids is 2. The molecule has 7 heteroatoms. The number of alkyl carbamates (subject to hydrolysis) is 1. The number of aliphatic carboxylic acids is 1. The van der Waals surface area contributed by atoms with E-state index >= 15 is 0 Å². The Labute approximate surface area is 200 Å². The van der Waals surface area contributed by atoms with Crippen molar-refractivity contribution in [3.63, 3.8) is 0 Å². The molecule has 4 rings (SSSR count). The van der Waals surface area contributed by atoms with Crippen molar-refractivity contribution in [2.45, 2.75) is 50.5 Å². The molecule has 7 nitrogen and oxygen atoms in total. The lowest BCUT2D eigenvalue weighted by atomic mass is 9.75. The van der Waals surface area contributed by atoms with Gasteiger partial charge in [0, 0.05) is 25.4 Å². The van der Waals surface area contributed by atoms with Crippen LogP contribution in [0.1, 0.15) is 56.1 Å². The van der Waals surface area contributed by atoms with Crippen molar-refractivity contribution in [3.8, 4) is 11.1 Å². The van der Waals surface area contributed by atoms with E-state index in [1.165, 1.54) is 27.2 Å². The number of hydrogen-bond acceptors (Lipinski definition) is 4. The lowest BCUT2D eigenvalue weighted by molar-refractivity contribution is -0.165. The minimum atomic E-state index is -1.05. The number of hydrogen-bond donors (Lipinski definition) is 2. The van der Waals surface area contributed by atoms with Gasteiger partial charge in [0.2, 0.25) is 5.91 Å². The Morgan fingerprint density at radius 2 is 1.68 bits per heavy atom. The molecule has 180 valence electrons. The summed E-state index contributed by atoms with van der Waals surface area (Å²) in [7, 11) is 1.58. The van der Waals surface area contributed by atoms with Crippen molar-refractivity contribution in [3.05, 3.63) is 59.7 Å². The Hall–Kier alpha value is -3.35. The molecule has 2 aromatic rings. The summed E-state index contributed by atoms with van der Waals surface area (Å²) >= 11 is 0. The zero-order valence-corrected chi connectivity index (χ0v) is 19.8. The number of fused-ring (bicyclic) bond motifs is 3. The van der Waals surface area contributed by atoms with Crippen molar-refractivity contribution < 1.29 is 24.2 Å². The number of ether oxygens (including phenoxy) is 1. The molecule has 1 saturated carbocycles. The molecule has 2 aliphatic carbocycles. The zero-order valence-electron chi connectivity index (χ0n) is 19.8. The Kier molecular flexibility index (Phi) is 6.91. The number of carbonyl (C=O) groups is 3. The number of benzene rings is 2. The third-order valence-electron chi connectivity index (χ3n) is 7.40. The third kappa shape index (κ3) is 4.39. The van der Waals surface area contributed by atoms with Crippen molar-refractivity contribution in [1.82, 2.24) is 10.2 Å². The molecule has 2 N–H and O–H groups in total. The molecule has 0 aromatic heterocycles. The van der Waals surface area contributed by atoms with Gasteiger partial charge in [0.05, 0.1) is 0 Å². The Bertz CT molecular complexity index is 1030. The van der Waals surface area contributed by atoms with E-state index in [1.807, 2.05) is 24.3 Å². The van der Waals surface area contributed by atoms with Crippen LogP contribution in [0.3, 0.4) is 0 Å². The van der Waals surface area contributed by atoms with E-state index in [-0.39, 0.29) is 24.3 Å². The maximum atomic E-state index is 12.7. The van der Waals surface area contributed by atoms with E-state index < -0.39 is 17.6 Å². The van der Waals surface area contributed by atoms with Crippen LogP contribution >= 0.6 is 0 Å². The summed E-state index contributed by atoms with van der Waals surface area (Å²) in [6, 6.07) is 16.4. The molecule has 0 bridgehead atoms. The number of nitrogens with zero attached hydrogens (tertiary/aromatic N) is 1. The summed E-state index contributed by atoms with van der Waals surface area (Å²) < 4.78 is 5.54. The number of rotatable bonds is 9. The standard InChI is InChI=1S/C27H32N2O5/c1-18(24(30)29(2)27(25(31)32)14-8-15-27)9-7-16-28-26(33)34-17-23-21-12-5-3-10-19(21)20-11-4-6-13-22(20)23/h3-6,10-13,18,23H,7-9,14-17H2,1-2H3,(H,28,33)(H,31,32). The molecule has 1 unspecified atom stereocenters. The molecule has 2 aromatic carbocycles. The molecule has 0 radical (unpaired) electrons. The fraction of sp³-hybridized carbons (Fsp3) is 0.444. The first-order valence-electron chi connectivity index (χ1n) is 11.9. The maximum absolute atomic E-state index is 12.7. The maximum Gasteiger partial charge on any atom is 0.407 e. The monoisotopic (exact) mass is 464 g/mol. The number of nitrogens with one attached hydrogen (secondary N) is 1. The van der Waals surface area contributed by atoms with Gasteiger partial charge in [-0.25, -0.2) is 9.59 Å². The summed E-state index contributed by atoms with van der Waals surface area (Å²) in [5.74, 6) is -1.40. The quantitative estimate of drug-likeness (QED) is 0.536. The molecule has 1 atom stereocenters. The third-order valence-corrected chi connectivity index (χ3v) is 7.40. The molecular weight excluding hydrogens is 432 g/mol. The zero-order chi connectivity index (χ0) is 24.3. The van der Waals surface area contributed by atoms with Gasteiger partial charge in [0.25, 0.3) is 0 Å². The summed E-state index contributed by atoms with van der Waals surface area (Å²) in [5, 5.41) is 12.3. The predicted molar refractivity (Wildman–Crippen MR) is 128 cm³/mol. The van der Waals surface area contributed by atoms with Crippen LogP contribution in [0.5, 0.6) is 0 Å². The average Bonchev–Trinajstić information content (AvgIpc) is 3.12. The van der Waals surface area contributed by atoms with E-state index in [0.29, 0.717) is 32.2 Å². The minimum Gasteiger partial charge on any atom is -0.479 e.